The monoisotopic (exact) mass is 413 g/mol. The van der Waals surface area contributed by atoms with E-state index in [1.807, 2.05) is 45.0 Å². The average molecular weight is 414 g/mol. The molecule has 1 aliphatic rings. The number of halogens is 1. The SMILES string of the molecule is Cc1ccccc1NC(=O)C[C@H]1SC(=Nc2ccc(F)cc2)N(CC(C)C)C1=O. The van der Waals surface area contributed by atoms with Crippen LogP contribution in [0.3, 0.4) is 0 Å². The summed E-state index contributed by atoms with van der Waals surface area (Å²) in [6, 6.07) is 13.3. The van der Waals surface area contributed by atoms with Crippen LogP contribution in [-0.2, 0) is 9.59 Å². The fourth-order valence-corrected chi connectivity index (χ4v) is 4.13. The van der Waals surface area contributed by atoms with Crippen molar-refractivity contribution in [2.24, 2.45) is 10.9 Å². The molecule has 1 N–H and O–H groups in total. The van der Waals surface area contributed by atoms with Gasteiger partial charge in [0.2, 0.25) is 11.8 Å². The molecule has 0 aromatic heterocycles. The van der Waals surface area contributed by atoms with Crippen LogP contribution in [0.25, 0.3) is 0 Å². The zero-order valence-electron chi connectivity index (χ0n) is 16.7. The second kappa shape index (κ2) is 9.22. The molecule has 0 unspecified atom stereocenters. The van der Waals surface area contributed by atoms with Crippen LogP contribution in [0.5, 0.6) is 0 Å². The van der Waals surface area contributed by atoms with Crippen molar-refractivity contribution < 1.29 is 14.0 Å². The first-order chi connectivity index (χ1) is 13.8. The van der Waals surface area contributed by atoms with Crippen molar-refractivity contribution in [3.63, 3.8) is 0 Å². The smallest absolute Gasteiger partial charge is 0.242 e. The second-order valence-electron chi connectivity index (χ2n) is 7.39. The van der Waals surface area contributed by atoms with Gasteiger partial charge >= 0.3 is 0 Å². The minimum absolute atomic E-state index is 0.0644. The second-order valence-corrected chi connectivity index (χ2v) is 8.56. The van der Waals surface area contributed by atoms with Gasteiger partial charge in [-0.15, -0.1) is 0 Å². The lowest BCUT2D eigenvalue weighted by Crippen LogP contribution is -2.36. The van der Waals surface area contributed by atoms with Crippen molar-refractivity contribution in [2.75, 3.05) is 11.9 Å². The zero-order chi connectivity index (χ0) is 21.0. The maximum absolute atomic E-state index is 13.2. The highest BCUT2D eigenvalue weighted by Crippen LogP contribution is 2.32. The molecule has 1 saturated heterocycles. The summed E-state index contributed by atoms with van der Waals surface area (Å²) in [5.41, 5.74) is 2.28. The Labute approximate surface area is 174 Å². The molecule has 2 aromatic rings. The lowest BCUT2D eigenvalue weighted by atomic mass is 10.1. The number of thioether (sulfide) groups is 1. The molecule has 0 spiro atoms. The molecule has 7 heteroatoms. The Balaban J connectivity index is 1.76. The molecule has 0 bridgehead atoms. The molecule has 0 saturated carbocycles. The van der Waals surface area contributed by atoms with Crippen molar-refractivity contribution in [1.29, 1.82) is 0 Å². The van der Waals surface area contributed by atoms with Crippen LogP contribution in [0.1, 0.15) is 25.8 Å². The van der Waals surface area contributed by atoms with Gasteiger partial charge in [-0.1, -0.05) is 43.8 Å². The summed E-state index contributed by atoms with van der Waals surface area (Å²) >= 11 is 1.28. The van der Waals surface area contributed by atoms with E-state index in [1.54, 1.807) is 17.0 Å². The Morgan fingerprint density at radius 2 is 1.90 bits per heavy atom. The number of aryl methyl sites for hydroxylation is 1. The van der Waals surface area contributed by atoms with Gasteiger partial charge in [0.15, 0.2) is 5.17 Å². The first kappa shape index (κ1) is 21.0. The van der Waals surface area contributed by atoms with Crippen LogP contribution in [0, 0.1) is 18.7 Å². The number of aliphatic imine (C=N–C) groups is 1. The fourth-order valence-electron chi connectivity index (χ4n) is 2.97. The van der Waals surface area contributed by atoms with E-state index in [2.05, 4.69) is 10.3 Å². The summed E-state index contributed by atoms with van der Waals surface area (Å²) in [4.78, 5) is 31.6. The summed E-state index contributed by atoms with van der Waals surface area (Å²) in [7, 11) is 0. The lowest BCUT2D eigenvalue weighted by molar-refractivity contribution is -0.128. The maximum Gasteiger partial charge on any atom is 0.242 e. The molecule has 1 heterocycles. The number of anilines is 1. The lowest BCUT2D eigenvalue weighted by Gasteiger charge is -2.18. The summed E-state index contributed by atoms with van der Waals surface area (Å²) in [6.07, 6.45) is 0.0644. The number of benzene rings is 2. The van der Waals surface area contributed by atoms with Crippen molar-refractivity contribution in [3.05, 3.63) is 59.9 Å². The number of carbonyl (C=O) groups excluding carboxylic acids is 2. The minimum Gasteiger partial charge on any atom is -0.326 e. The van der Waals surface area contributed by atoms with Crippen LogP contribution in [0.15, 0.2) is 53.5 Å². The number of nitrogens with zero attached hydrogens (tertiary/aromatic N) is 2. The van der Waals surface area contributed by atoms with Crippen molar-refractivity contribution in [1.82, 2.24) is 4.90 Å². The van der Waals surface area contributed by atoms with Crippen LogP contribution < -0.4 is 5.32 Å². The third kappa shape index (κ3) is 5.44. The minimum atomic E-state index is -0.531. The first-order valence-corrected chi connectivity index (χ1v) is 10.4. The molecule has 2 amide bonds. The normalized spacial score (nSPS) is 18.0. The van der Waals surface area contributed by atoms with E-state index in [1.165, 1.54) is 23.9 Å². The van der Waals surface area contributed by atoms with E-state index in [9.17, 15) is 14.0 Å². The molecule has 1 aliphatic heterocycles. The summed E-state index contributed by atoms with van der Waals surface area (Å²) in [5, 5.41) is 2.89. The van der Waals surface area contributed by atoms with Gasteiger partial charge in [0.05, 0.1) is 5.69 Å². The quantitative estimate of drug-likeness (QED) is 0.743. The first-order valence-electron chi connectivity index (χ1n) is 9.51. The van der Waals surface area contributed by atoms with Crippen LogP contribution in [0.2, 0.25) is 0 Å². The number of carbonyl (C=O) groups is 2. The van der Waals surface area contributed by atoms with Gasteiger partial charge in [-0.3, -0.25) is 14.5 Å². The number of hydrogen-bond donors (Lipinski definition) is 1. The van der Waals surface area contributed by atoms with E-state index in [-0.39, 0.29) is 30.0 Å². The maximum atomic E-state index is 13.2. The van der Waals surface area contributed by atoms with Crippen LogP contribution in [0.4, 0.5) is 15.8 Å². The van der Waals surface area contributed by atoms with Gasteiger partial charge in [-0.05, 0) is 48.7 Å². The highest BCUT2D eigenvalue weighted by Gasteiger charge is 2.39. The van der Waals surface area contributed by atoms with Crippen LogP contribution >= 0.6 is 11.8 Å². The zero-order valence-corrected chi connectivity index (χ0v) is 17.5. The Morgan fingerprint density at radius 1 is 1.21 bits per heavy atom. The van der Waals surface area contributed by atoms with E-state index in [4.69, 9.17) is 0 Å². The summed E-state index contributed by atoms with van der Waals surface area (Å²) in [5.74, 6) is -0.423. The highest BCUT2D eigenvalue weighted by molar-refractivity contribution is 8.15. The van der Waals surface area contributed by atoms with Crippen molar-refractivity contribution in [3.8, 4) is 0 Å². The van der Waals surface area contributed by atoms with Crippen molar-refractivity contribution in [2.45, 2.75) is 32.4 Å². The molecule has 1 fully saturated rings. The van der Waals surface area contributed by atoms with Crippen LogP contribution in [-0.4, -0.2) is 33.7 Å². The Hall–Kier alpha value is -2.67. The average Bonchev–Trinajstić information content (AvgIpc) is 2.94. The molecular weight excluding hydrogens is 389 g/mol. The molecule has 152 valence electrons. The Kier molecular flexibility index (Phi) is 6.69. The van der Waals surface area contributed by atoms with Gasteiger partial charge in [-0.2, -0.15) is 0 Å². The molecule has 0 aliphatic carbocycles. The van der Waals surface area contributed by atoms with Crippen molar-refractivity contribution >= 4 is 40.1 Å². The number of nitrogens with one attached hydrogen (secondary N) is 1. The Morgan fingerprint density at radius 3 is 2.55 bits per heavy atom. The Bertz CT molecular complexity index is 928. The summed E-state index contributed by atoms with van der Waals surface area (Å²) < 4.78 is 13.2. The third-order valence-corrected chi connectivity index (χ3v) is 5.58. The topological polar surface area (TPSA) is 61.8 Å². The van der Waals surface area contributed by atoms with Gasteiger partial charge in [0.1, 0.15) is 11.1 Å². The van der Waals surface area contributed by atoms with E-state index < -0.39 is 5.25 Å². The van der Waals surface area contributed by atoms with E-state index in [0.29, 0.717) is 17.4 Å². The highest BCUT2D eigenvalue weighted by atomic mass is 32.2. The summed E-state index contributed by atoms with van der Waals surface area (Å²) in [6.45, 7) is 6.47. The predicted molar refractivity (Wildman–Crippen MR) is 116 cm³/mol. The fraction of sp³-hybridized carbons (Fsp3) is 0.318. The number of amidine groups is 1. The number of hydrogen-bond acceptors (Lipinski definition) is 4. The number of amides is 2. The standard InChI is InChI=1S/C22H24FN3O2S/c1-14(2)13-26-21(28)19(12-20(27)25-18-7-5-4-6-15(18)3)29-22(26)24-17-10-8-16(23)9-11-17/h4-11,14,19H,12-13H2,1-3H3,(H,25,27)/t19-/m1/s1. The molecule has 0 radical (unpaired) electrons. The molecule has 29 heavy (non-hydrogen) atoms. The molecule has 2 aromatic carbocycles. The van der Waals surface area contributed by atoms with E-state index >= 15 is 0 Å². The molecule has 5 nitrogen and oxygen atoms in total. The molecule has 3 rings (SSSR count). The van der Waals surface area contributed by atoms with Gasteiger partial charge in [0.25, 0.3) is 0 Å². The third-order valence-electron chi connectivity index (χ3n) is 4.41. The van der Waals surface area contributed by atoms with Gasteiger partial charge in [0, 0.05) is 18.7 Å². The largest absolute Gasteiger partial charge is 0.326 e. The molecule has 1 atom stereocenters. The van der Waals surface area contributed by atoms with Gasteiger partial charge < -0.3 is 5.32 Å². The predicted octanol–water partition coefficient (Wildman–Crippen LogP) is 4.75. The molecular formula is C22H24FN3O2S. The number of para-hydroxylation sites is 1. The number of rotatable bonds is 6. The van der Waals surface area contributed by atoms with E-state index in [0.717, 1.165) is 11.3 Å². The van der Waals surface area contributed by atoms with Gasteiger partial charge in [-0.25, -0.2) is 9.38 Å².